The second kappa shape index (κ2) is 4.56. The van der Waals surface area contributed by atoms with Crippen molar-refractivity contribution in [3.8, 4) is 6.07 Å². The van der Waals surface area contributed by atoms with E-state index in [1.165, 1.54) is 0 Å². The first-order chi connectivity index (χ1) is 6.78. The van der Waals surface area contributed by atoms with E-state index >= 15 is 0 Å². The van der Waals surface area contributed by atoms with E-state index in [4.69, 9.17) is 5.26 Å². The summed E-state index contributed by atoms with van der Waals surface area (Å²) in [6.45, 7) is 4.04. The number of rotatable bonds is 3. The van der Waals surface area contributed by atoms with E-state index in [0.717, 1.165) is 24.1 Å². The van der Waals surface area contributed by atoms with Crippen LogP contribution in [0.2, 0.25) is 0 Å². The van der Waals surface area contributed by atoms with Crippen molar-refractivity contribution in [1.82, 2.24) is 10.2 Å². The molecule has 1 rings (SSSR count). The first-order valence-corrected chi connectivity index (χ1v) is 4.74. The normalized spacial score (nSPS) is 9.57. The first-order valence-electron chi connectivity index (χ1n) is 4.74. The van der Waals surface area contributed by atoms with Gasteiger partial charge in [0.2, 0.25) is 0 Å². The minimum Gasteiger partial charge on any atom is -0.371 e. The predicted molar refractivity (Wildman–Crippen MR) is 55.0 cm³/mol. The molecule has 0 spiro atoms. The Bertz CT molecular complexity index is 365. The topological polar surface area (TPSA) is 61.6 Å². The fourth-order valence-electron chi connectivity index (χ4n) is 1.47. The highest BCUT2D eigenvalue weighted by Gasteiger charge is 2.12. The highest BCUT2D eigenvalue weighted by atomic mass is 15.2. The Morgan fingerprint density at radius 2 is 2.00 bits per heavy atom. The molecule has 0 unspecified atom stereocenters. The zero-order valence-electron chi connectivity index (χ0n) is 8.76. The summed E-state index contributed by atoms with van der Waals surface area (Å²) in [6.07, 6.45) is 1.63. The molecular weight excluding hydrogens is 176 g/mol. The van der Waals surface area contributed by atoms with Crippen molar-refractivity contribution >= 4 is 5.82 Å². The van der Waals surface area contributed by atoms with E-state index in [-0.39, 0.29) is 0 Å². The van der Waals surface area contributed by atoms with Gasteiger partial charge in [-0.2, -0.15) is 10.4 Å². The molecule has 0 radical (unpaired) electrons. The third-order valence-electron chi connectivity index (χ3n) is 2.19. The van der Waals surface area contributed by atoms with E-state index in [1.54, 1.807) is 7.05 Å². The molecule has 0 atom stereocenters. The molecule has 1 N–H and O–H groups in total. The Labute approximate surface area is 84.0 Å². The smallest absolute Gasteiger partial charge is 0.166 e. The lowest BCUT2D eigenvalue weighted by Crippen LogP contribution is -2.07. The minimum absolute atomic E-state index is 0.571. The van der Waals surface area contributed by atoms with Gasteiger partial charge in [0.25, 0.3) is 0 Å². The highest BCUT2D eigenvalue weighted by molar-refractivity contribution is 5.56. The molecule has 0 bridgehead atoms. The van der Waals surface area contributed by atoms with Crippen LogP contribution >= 0.6 is 0 Å². The Kier molecular flexibility index (Phi) is 3.41. The number of aryl methyl sites for hydroxylation is 1. The average Bonchev–Trinajstić information content (AvgIpc) is 2.26. The maximum atomic E-state index is 9.02. The number of nitriles is 1. The summed E-state index contributed by atoms with van der Waals surface area (Å²) in [6, 6.07) is 2.18. The molecular formula is C10H14N4. The number of aromatic nitrogens is 2. The van der Waals surface area contributed by atoms with E-state index in [0.29, 0.717) is 11.4 Å². The molecule has 74 valence electrons. The van der Waals surface area contributed by atoms with Crippen LogP contribution in [0, 0.1) is 11.3 Å². The molecule has 0 fully saturated rings. The fourth-order valence-corrected chi connectivity index (χ4v) is 1.47. The van der Waals surface area contributed by atoms with Crippen LogP contribution in [0.3, 0.4) is 0 Å². The van der Waals surface area contributed by atoms with Crippen molar-refractivity contribution in [2.75, 3.05) is 12.4 Å². The summed E-state index contributed by atoms with van der Waals surface area (Å²) in [5.74, 6) is 0.571. The van der Waals surface area contributed by atoms with E-state index in [2.05, 4.69) is 21.6 Å². The van der Waals surface area contributed by atoms with Gasteiger partial charge in [-0.25, -0.2) is 0 Å². The molecule has 1 heterocycles. The Morgan fingerprint density at radius 1 is 1.29 bits per heavy atom. The summed E-state index contributed by atoms with van der Waals surface area (Å²) in [4.78, 5) is 0. The monoisotopic (exact) mass is 190 g/mol. The maximum absolute atomic E-state index is 9.02. The van der Waals surface area contributed by atoms with Gasteiger partial charge in [-0.3, -0.25) is 0 Å². The van der Waals surface area contributed by atoms with Gasteiger partial charge in [0, 0.05) is 7.05 Å². The summed E-state index contributed by atoms with van der Waals surface area (Å²) in [5, 5.41) is 19.9. The van der Waals surface area contributed by atoms with Crippen molar-refractivity contribution in [2.45, 2.75) is 26.7 Å². The molecule has 0 saturated heterocycles. The summed E-state index contributed by atoms with van der Waals surface area (Å²) in [5.41, 5.74) is 2.55. The summed E-state index contributed by atoms with van der Waals surface area (Å²) < 4.78 is 0. The zero-order chi connectivity index (χ0) is 10.6. The van der Waals surface area contributed by atoms with E-state index < -0.39 is 0 Å². The van der Waals surface area contributed by atoms with Crippen LogP contribution in [0.4, 0.5) is 5.82 Å². The van der Waals surface area contributed by atoms with Gasteiger partial charge in [0.1, 0.15) is 11.6 Å². The number of hydrogen-bond donors (Lipinski definition) is 1. The number of hydrogen-bond acceptors (Lipinski definition) is 4. The standard InChI is InChI=1S/C10H14N4/c1-4-7-8(6-11)10(12-3)14-13-9(7)5-2/h4-5H2,1-3H3,(H,12,14). The lowest BCUT2D eigenvalue weighted by atomic mass is 10.0. The molecule has 0 aliphatic carbocycles. The molecule has 14 heavy (non-hydrogen) atoms. The Balaban J connectivity index is 3.38. The van der Waals surface area contributed by atoms with Gasteiger partial charge in [-0.15, -0.1) is 5.10 Å². The Hall–Kier alpha value is -1.63. The van der Waals surface area contributed by atoms with Gasteiger partial charge in [-0.05, 0) is 18.4 Å². The quantitative estimate of drug-likeness (QED) is 0.784. The van der Waals surface area contributed by atoms with Gasteiger partial charge >= 0.3 is 0 Å². The predicted octanol–water partition coefficient (Wildman–Crippen LogP) is 1.51. The number of nitrogens with zero attached hydrogens (tertiary/aromatic N) is 3. The van der Waals surface area contributed by atoms with E-state index in [1.807, 2.05) is 13.8 Å². The van der Waals surface area contributed by atoms with Crippen molar-refractivity contribution in [2.24, 2.45) is 0 Å². The SMILES string of the molecule is CCc1nnc(NC)c(C#N)c1CC. The zero-order valence-corrected chi connectivity index (χ0v) is 8.76. The summed E-state index contributed by atoms with van der Waals surface area (Å²) >= 11 is 0. The molecule has 0 amide bonds. The van der Waals surface area contributed by atoms with Crippen molar-refractivity contribution in [3.63, 3.8) is 0 Å². The van der Waals surface area contributed by atoms with Crippen LogP contribution in [0.5, 0.6) is 0 Å². The average molecular weight is 190 g/mol. The largest absolute Gasteiger partial charge is 0.371 e. The van der Waals surface area contributed by atoms with E-state index in [9.17, 15) is 0 Å². The molecule has 0 saturated carbocycles. The van der Waals surface area contributed by atoms with Gasteiger partial charge < -0.3 is 5.32 Å². The molecule has 4 heteroatoms. The van der Waals surface area contributed by atoms with Gasteiger partial charge in [-0.1, -0.05) is 13.8 Å². The summed E-state index contributed by atoms with van der Waals surface area (Å²) in [7, 11) is 1.75. The maximum Gasteiger partial charge on any atom is 0.166 e. The van der Waals surface area contributed by atoms with Gasteiger partial charge in [0.05, 0.1) is 5.69 Å². The highest BCUT2D eigenvalue weighted by Crippen LogP contribution is 2.18. The minimum atomic E-state index is 0.571. The lowest BCUT2D eigenvalue weighted by molar-refractivity contribution is 0.875. The van der Waals surface area contributed by atoms with Gasteiger partial charge in [0.15, 0.2) is 5.82 Å². The van der Waals surface area contributed by atoms with Crippen molar-refractivity contribution in [3.05, 3.63) is 16.8 Å². The van der Waals surface area contributed by atoms with Crippen LogP contribution < -0.4 is 5.32 Å². The number of anilines is 1. The third kappa shape index (κ3) is 1.67. The molecule has 0 aromatic carbocycles. The molecule has 0 aliphatic rings. The van der Waals surface area contributed by atoms with Crippen LogP contribution in [-0.2, 0) is 12.8 Å². The number of nitrogens with one attached hydrogen (secondary N) is 1. The van der Waals surface area contributed by atoms with Crippen LogP contribution in [0.25, 0.3) is 0 Å². The van der Waals surface area contributed by atoms with Crippen LogP contribution in [-0.4, -0.2) is 17.2 Å². The lowest BCUT2D eigenvalue weighted by Gasteiger charge is -2.09. The molecule has 4 nitrogen and oxygen atoms in total. The second-order valence-corrected chi connectivity index (χ2v) is 2.92. The van der Waals surface area contributed by atoms with Crippen LogP contribution in [0.15, 0.2) is 0 Å². The second-order valence-electron chi connectivity index (χ2n) is 2.92. The molecule has 1 aromatic rings. The molecule has 0 aliphatic heterocycles. The van der Waals surface area contributed by atoms with Crippen molar-refractivity contribution < 1.29 is 0 Å². The van der Waals surface area contributed by atoms with Crippen molar-refractivity contribution in [1.29, 1.82) is 5.26 Å². The fraction of sp³-hybridized carbons (Fsp3) is 0.500. The molecule has 1 aromatic heterocycles. The Morgan fingerprint density at radius 3 is 2.43 bits per heavy atom. The van der Waals surface area contributed by atoms with Crippen LogP contribution in [0.1, 0.15) is 30.7 Å². The third-order valence-corrected chi connectivity index (χ3v) is 2.19. The first kappa shape index (κ1) is 10.5.